The normalized spacial score (nSPS) is 14.4. The second-order valence-electron chi connectivity index (χ2n) is 8.65. The van der Waals surface area contributed by atoms with Crippen molar-refractivity contribution in [2.45, 2.75) is 25.7 Å². The van der Waals surface area contributed by atoms with Crippen LogP contribution in [0.2, 0.25) is 0 Å². The minimum Gasteiger partial charge on any atom is -0.505 e. The Morgan fingerprint density at radius 2 is 2.14 bits per heavy atom. The van der Waals surface area contributed by atoms with E-state index in [1.54, 1.807) is 12.1 Å². The summed E-state index contributed by atoms with van der Waals surface area (Å²) < 4.78 is 30.6. The van der Waals surface area contributed by atoms with Gasteiger partial charge in [0.1, 0.15) is 29.4 Å². The van der Waals surface area contributed by atoms with Crippen LogP contribution in [-0.2, 0) is 17.9 Å². The number of benzene rings is 1. The molecule has 0 radical (unpaired) electrons. The van der Waals surface area contributed by atoms with Crippen LogP contribution in [0.5, 0.6) is 5.75 Å². The van der Waals surface area contributed by atoms with E-state index >= 15 is 0 Å². The lowest BCUT2D eigenvalue weighted by Crippen LogP contribution is -2.60. The van der Waals surface area contributed by atoms with Crippen LogP contribution in [0.1, 0.15) is 11.8 Å². The Morgan fingerprint density at radius 3 is 2.81 bits per heavy atom. The number of hydrogen-bond acceptors (Lipinski definition) is 6. The predicted molar refractivity (Wildman–Crippen MR) is 134 cm³/mol. The van der Waals surface area contributed by atoms with Crippen molar-refractivity contribution >= 4 is 43.4 Å². The maximum Gasteiger partial charge on any atom is 0.263 e. The van der Waals surface area contributed by atoms with Crippen LogP contribution in [-0.4, -0.2) is 54.0 Å². The lowest BCUT2D eigenvalue weighted by atomic mass is 9.99. The minimum absolute atomic E-state index is 0.0165. The van der Waals surface area contributed by atoms with E-state index < -0.39 is 17.0 Å². The number of carbonyl (C=O) groups is 1. The first-order valence-corrected chi connectivity index (χ1v) is 12.4. The van der Waals surface area contributed by atoms with Gasteiger partial charge >= 0.3 is 0 Å². The van der Waals surface area contributed by atoms with Crippen LogP contribution >= 0.6 is 27.3 Å². The molecule has 3 aromatic heterocycles. The molecule has 1 saturated heterocycles. The zero-order chi connectivity index (χ0) is 25.6. The van der Waals surface area contributed by atoms with Gasteiger partial charge in [0.15, 0.2) is 5.75 Å². The highest BCUT2D eigenvalue weighted by molar-refractivity contribution is 9.10. The van der Waals surface area contributed by atoms with Crippen molar-refractivity contribution in [3.8, 4) is 28.7 Å². The number of likely N-dealkylation sites (tertiary alicyclic amines) is 1. The van der Waals surface area contributed by atoms with Crippen molar-refractivity contribution in [3.05, 3.63) is 62.4 Å². The fourth-order valence-corrected chi connectivity index (χ4v) is 5.37. The summed E-state index contributed by atoms with van der Waals surface area (Å²) in [5.41, 5.74) is -0.837. The van der Waals surface area contributed by atoms with Crippen molar-refractivity contribution in [3.63, 3.8) is 0 Å². The lowest BCUT2D eigenvalue weighted by Gasteiger charge is -2.42. The minimum atomic E-state index is -1.41. The summed E-state index contributed by atoms with van der Waals surface area (Å²) in [6.45, 7) is 1.31. The van der Waals surface area contributed by atoms with Crippen LogP contribution in [0.3, 0.4) is 0 Å². The number of fused-ring (bicyclic) bond motifs is 1. The van der Waals surface area contributed by atoms with E-state index in [9.17, 15) is 23.5 Å². The maximum atomic E-state index is 14.0. The maximum absolute atomic E-state index is 14.0. The van der Waals surface area contributed by atoms with Gasteiger partial charge in [-0.1, -0.05) is 17.9 Å². The highest BCUT2D eigenvalue weighted by Gasteiger charge is 2.41. The fraction of sp³-hybridized carbons (Fsp3) is 0.250. The largest absolute Gasteiger partial charge is 0.505 e. The Labute approximate surface area is 215 Å². The summed E-state index contributed by atoms with van der Waals surface area (Å²) in [7, 11) is 0. The van der Waals surface area contributed by atoms with Gasteiger partial charge in [-0.3, -0.25) is 18.8 Å². The summed E-state index contributed by atoms with van der Waals surface area (Å²) in [6, 6.07) is 4.38. The number of thiophene rings is 1. The van der Waals surface area contributed by atoms with Gasteiger partial charge in [0.05, 0.1) is 46.5 Å². The number of aromatic hydroxyl groups is 1. The summed E-state index contributed by atoms with van der Waals surface area (Å²) in [6.07, 6.45) is 4.02. The Balaban J connectivity index is 1.57. The monoisotopic (exact) mass is 573 g/mol. The number of halogens is 3. The Kier molecular flexibility index (Phi) is 6.13. The van der Waals surface area contributed by atoms with Gasteiger partial charge in [0.25, 0.3) is 5.56 Å². The SMILES string of the molecule is CC1(F)CN(C(=O)Cn2cnc3sc(C#CCn4cc(O)cn4)c(-c4ccc(F)c(Br)c4)c3c2=O)C1. The quantitative estimate of drug-likeness (QED) is 0.377. The molecule has 1 aliphatic rings. The van der Waals surface area contributed by atoms with Crippen LogP contribution in [0.25, 0.3) is 21.3 Å². The number of carbonyl (C=O) groups excluding carboxylic acids is 1. The Morgan fingerprint density at radius 1 is 1.36 bits per heavy atom. The molecule has 0 unspecified atom stereocenters. The summed E-state index contributed by atoms with van der Waals surface area (Å²) in [5, 5.41) is 13.7. The van der Waals surface area contributed by atoms with Crippen LogP contribution < -0.4 is 5.56 Å². The summed E-state index contributed by atoms with van der Waals surface area (Å²) in [4.78, 5) is 32.7. The lowest BCUT2D eigenvalue weighted by molar-refractivity contribution is -0.144. The van der Waals surface area contributed by atoms with Crippen LogP contribution in [0.15, 0.2) is 46.2 Å². The third-order valence-electron chi connectivity index (χ3n) is 5.65. The molecule has 0 bridgehead atoms. The molecule has 1 fully saturated rings. The summed E-state index contributed by atoms with van der Waals surface area (Å²) >= 11 is 4.39. The zero-order valence-electron chi connectivity index (χ0n) is 18.8. The van der Waals surface area contributed by atoms with Crippen molar-refractivity contribution in [1.29, 1.82) is 0 Å². The van der Waals surface area contributed by atoms with Gasteiger partial charge in [-0.25, -0.2) is 13.8 Å². The summed E-state index contributed by atoms with van der Waals surface area (Å²) in [5.74, 6) is 5.18. The second kappa shape index (κ2) is 9.15. The van der Waals surface area contributed by atoms with E-state index in [-0.39, 0.29) is 47.7 Å². The number of amides is 1. The molecular formula is C24H18BrF2N5O3S. The average Bonchev–Trinajstić information content (AvgIpc) is 3.39. The second-order valence-corrected chi connectivity index (χ2v) is 10.5. The molecule has 1 aliphatic heterocycles. The highest BCUT2D eigenvalue weighted by atomic mass is 79.9. The molecule has 4 aromatic rings. The van der Waals surface area contributed by atoms with E-state index in [0.29, 0.717) is 20.8 Å². The van der Waals surface area contributed by atoms with Crippen molar-refractivity contribution < 1.29 is 18.7 Å². The fourth-order valence-electron chi connectivity index (χ4n) is 3.97. The molecule has 12 heteroatoms. The van der Waals surface area contributed by atoms with Crippen LogP contribution in [0, 0.1) is 17.7 Å². The van der Waals surface area contributed by atoms with Crippen LogP contribution in [0.4, 0.5) is 8.78 Å². The topological polar surface area (TPSA) is 93.2 Å². The molecule has 4 heterocycles. The molecule has 1 aromatic carbocycles. The van der Waals surface area contributed by atoms with Crippen molar-refractivity contribution in [1.82, 2.24) is 24.2 Å². The molecule has 0 saturated carbocycles. The first kappa shape index (κ1) is 24.1. The van der Waals surface area contributed by atoms with E-state index in [1.807, 2.05) is 0 Å². The molecule has 0 atom stereocenters. The van der Waals surface area contributed by atoms with Crippen molar-refractivity contribution in [2.24, 2.45) is 0 Å². The van der Waals surface area contributed by atoms with E-state index in [4.69, 9.17) is 0 Å². The molecule has 0 spiro atoms. The Bertz CT molecular complexity index is 1620. The average molecular weight is 574 g/mol. The number of rotatable bonds is 4. The number of nitrogens with zero attached hydrogens (tertiary/aromatic N) is 5. The van der Waals surface area contributed by atoms with E-state index in [0.717, 1.165) is 0 Å². The molecular weight excluding hydrogens is 556 g/mol. The highest BCUT2D eigenvalue weighted by Crippen LogP contribution is 2.37. The molecule has 36 heavy (non-hydrogen) atoms. The molecule has 1 N–H and O–H groups in total. The van der Waals surface area contributed by atoms with Gasteiger partial charge in [-0.2, -0.15) is 5.10 Å². The number of alkyl halides is 1. The third kappa shape index (κ3) is 4.64. The van der Waals surface area contributed by atoms with E-state index in [1.165, 1.54) is 57.2 Å². The third-order valence-corrected chi connectivity index (χ3v) is 7.27. The predicted octanol–water partition coefficient (Wildman–Crippen LogP) is 3.55. The van der Waals surface area contributed by atoms with E-state index in [2.05, 4.69) is 37.9 Å². The first-order valence-electron chi connectivity index (χ1n) is 10.8. The standard InChI is InChI=1S/C24H18BrF2N5O3S/c1-24(27)11-31(12-24)19(34)10-30-13-28-22-21(23(30)35)20(14-4-5-17(26)16(25)7-14)18(36-22)3-2-6-32-9-15(33)8-29-32/h4-5,7-9,13,33H,6,10-12H2,1H3. The van der Waals surface area contributed by atoms with Gasteiger partial charge < -0.3 is 10.0 Å². The van der Waals surface area contributed by atoms with Gasteiger partial charge in [0.2, 0.25) is 5.91 Å². The van der Waals surface area contributed by atoms with Gasteiger partial charge in [-0.15, -0.1) is 11.3 Å². The molecule has 5 rings (SSSR count). The number of aromatic nitrogens is 4. The van der Waals surface area contributed by atoms with Crippen molar-refractivity contribution in [2.75, 3.05) is 13.1 Å². The van der Waals surface area contributed by atoms with Gasteiger partial charge in [-0.05, 0) is 40.5 Å². The number of hydrogen-bond donors (Lipinski definition) is 1. The zero-order valence-corrected chi connectivity index (χ0v) is 21.2. The molecule has 1 amide bonds. The Hall–Kier alpha value is -3.56. The molecule has 184 valence electrons. The smallest absolute Gasteiger partial charge is 0.263 e. The molecule has 8 nitrogen and oxygen atoms in total. The molecule has 0 aliphatic carbocycles. The van der Waals surface area contributed by atoms with Gasteiger partial charge in [0, 0.05) is 5.56 Å². The first-order chi connectivity index (χ1) is 17.1.